The Bertz CT molecular complexity index is 496. The molecular formula is C18H35N3O5S. The summed E-state index contributed by atoms with van der Waals surface area (Å²) in [6, 6.07) is -1.72. The van der Waals surface area contributed by atoms with Gasteiger partial charge < -0.3 is 25.7 Å². The summed E-state index contributed by atoms with van der Waals surface area (Å²) in [5.41, 5.74) is 4.27. The smallest absolute Gasteiger partial charge is 0.246 e. The van der Waals surface area contributed by atoms with E-state index in [4.69, 9.17) is 10.8 Å². The number of nitrogens with two attached hydrogens (primary N) is 1. The maximum absolute atomic E-state index is 13.1. The minimum Gasteiger partial charge on any atom is -0.396 e. The average molecular weight is 406 g/mol. The van der Waals surface area contributed by atoms with Crippen LogP contribution in [0.1, 0.15) is 46.5 Å². The van der Waals surface area contributed by atoms with Gasteiger partial charge in [-0.25, -0.2) is 0 Å². The lowest BCUT2D eigenvalue weighted by atomic mass is 9.97. The van der Waals surface area contributed by atoms with Crippen LogP contribution in [0.4, 0.5) is 0 Å². The van der Waals surface area contributed by atoms with Crippen molar-refractivity contribution >= 4 is 29.5 Å². The van der Waals surface area contributed by atoms with Crippen molar-refractivity contribution in [1.82, 2.24) is 9.80 Å². The Morgan fingerprint density at radius 1 is 1.15 bits per heavy atom. The van der Waals surface area contributed by atoms with Crippen molar-refractivity contribution in [2.75, 3.05) is 32.2 Å². The SMILES string of the molecule is CCCC(=O)N(C)[C@H](CSCCCO)C(=O)N(C)[C@@H](CC(C)(C)O)C(N)=O. The van der Waals surface area contributed by atoms with Gasteiger partial charge in [0.25, 0.3) is 0 Å². The first kappa shape index (κ1) is 25.7. The van der Waals surface area contributed by atoms with Crippen LogP contribution >= 0.6 is 11.8 Å². The molecule has 0 rings (SSSR count). The van der Waals surface area contributed by atoms with Crippen LogP contribution in [0.2, 0.25) is 0 Å². The van der Waals surface area contributed by atoms with Gasteiger partial charge in [0.2, 0.25) is 17.7 Å². The Labute approximate surface area is 166 Å². The summed E-state index contributed by atoms with van der Waals surface area (Å²) in [6.45, 7) is 5.03. The standard InChI is InChI=1S/C18H35N3O5S/c1-6-8-15(23)20(4)14(12-27-10-7-9-22)17(25)21(5)13(16(19)24)11-18(2,3)26/h13-14,22,26H,6-12H2,1-5H3,(H2,19,24)/t13-,14+/m0/s1. The summed E-state index contributed by atoms with van der Waals surface area (Å²) in [5.74, 6) is -0.245. The first-order valence-electron chi connectivity index (χ1n) is 9.18. The second kappa shape index (κ2) is 12.2. The molecule has 0 aromatic carbocycles. The molecule has 0 radical (unpaired) electrons. The number of primary amides is 1. The number of aliphatic hydroxyl groups is 2. The van der Waals surface area contributed by atoms with Crippen LogP contribution < -0.4 is 5.73 Å². The van der Waals surface area contributed by atoms with Gasteiger partial charge in [-0.1, -0.05) is 6.92 Å². The molecule has 0 heterocycles. The van der Waals surface area contributed by atoms with E-state index in [1.54, 1.807) is 20.9 Å². The van der Waals surface area contributed by atoms with E-state index >= 15 is 0 Å². The first-order valence-corrected chi connectivity index (χ1v) is 10.3. The molecule has 0 spiro atoms. The van der Waals surface area contributed by atoms with E-state index in [1.165, 1.54) is 28.6 Å². The molecule has 0 unspecified atom stereocenters. The monoisotopic (exact) mass is 405 g/mol. The Morgan fingerprint density at radius 2 is 1.74 bits per heavy atom. The number of carbonyl (C=O) groups is 3. The number of likely N-dealkylation sites (N-methyl/N-ethyl adjacent to an activating group) is 2. The molecule has 0 saturated heterocycles. The summed E-state index contributed by atoms with van der Waals surface area (Å²) >= 11 is 1.46. The third kappa shape index (κ3) is 9.44. The quantitative estimate of drug-likeness (QED) is 0.376. The van der Waals surface area contributed by atoms with Gasteiger partial charge in [-0.15, -0.1) is 0 Å². The van der Waals surface area contributed by atoms with Gasteiger partial charge >= 0.3 is 0 Å². The average Bonchev–Trinajstić information content (AvgIpc) is 2.57. The van der Waals surface area contributed by atoms with Crippen LogP contribution in [0.15, 0.2) is 0 Å². The molecule has 3 amide bonds. The fourth-order valence-electron chi connectivity index (χ4n) is 2.56. The number of aliphatic hydroxyl groups excluding tert-OH is 1. The van der Waals surface area contributed by atoms with Crippen LogP contribution in [0, 0.1) is 0 Å². The van der Waals surface area contributed by atoms with Crippen molar-refractivity contribution in [2.24, 2.45) is 5.73 Å². The highest BCUT2D eigenvalue weighted by molar-refractivity contribution is 7.99. The van der Waals surface area contributed by atoms with Gasteiger partial charge in [-0.3, -0.25) is 14.4 Å². The van der Waals surface area contributed by atoms with E-state index in [2.05, 4.69) is 0 Å². The third-order valence-electron chi connectivity index (χ3n) is 4.17. The topological polar surface area (TPSA) is 124 Å². The van der Waals surface area contributed by atoms with E-state index < -0.39 is 29.5 Å². The highest BCUT2D eigenvalue weighted by Gasteiger charge is 2.36. The second-order valence-electron chi connectivity index (χ2n) is 7.31. The number of carbonyl (C=O) groups excluding carboxylic acids is 3. The maximum Gasteiger partial charge on any atom is 0.246 e. The summed E-state index contributed by atoms with van der Waals surface area (Å²) in [6.07, 6.45) is 1.59. The molecule has 2 atom stereocenters. The van der Waals surface area contributed by atoms with Gasteiger partial charge in [-0.2, -0.15) is 11.8 Å². The molecule has 0 aliphatic carbocycles. The number of nitrogens with zero attached hydrogens (tertiary/aromatic N) is 2. The minimum absolute atomic E-state index is 0.00156. The minimum atomic E-state index is -1.18. The summed E-state index contributed by atoms with van der Waals surface area (Å²) in [5, 5.41) is 18.9. The van der Waals surface area contributed by atoms with Crippen LogP contribution in [-0.4, -0.2) is 87.6 Å². The van der Waals surface area contributed by atoms with Crippen molar-refractivity contribution in [3.63, 3.8) is 0 Å². The molecule has 0 bridgehead atoms. The summed E-state index contributed by atoms with van der Waals surface area (Å²) in [4.78, 5) is 39.9. The van der Waals surface area contributed by atoms with Crippen LogP contribution in [-0.2, 0) is 14.4 Å². The van der Waals surface area contributed by atoms with Crippen molar-refractivity contribution in [2.45, 2.75) is 64.1 Å². The molecule has 0 fully saturated rings. The fourth-order valence-corrected chi connectivity index (χ4v) is 3.65. The van der Waals surface area contributed by atoms with E-state index in [0.717, 1.165) is 0 Å². The van der Waals surface area contributed by atoms with E-state index in [9.17, 15) is 19.5 Å². The van der Waals surface area contributed by atoms with E-state index in [0.29, 0.717) is 30.8 Å². The lowest BCUT2D eigenvalue weighted by Crippen LogP contribution is -2.56. The predicted octanol–water partition coefficient (Wildman–Crippen LogP) is 0.202. The molecule has 9 heteroatoms. The highest BCUT2D eigenvalue weighted by Crippen LogP contribution is 2.19. The molecule has 0 aromatic rings. The molecule has 0 aromatic heterocycles. The van der Waals surface area contributed by atoms with Gasteiger partial charge in [0, 0.05) is 39.3 Å². The maximum atomic E-state index is 13.1. The number of amides is 3. The fraction of sp³-hybridized carbons (Fsp3) is 0.833. The van der Waals surface area contributed by atoms with Crippen LogP contribution in [0.3, 0.4) is 0 Å². The zero-order valence-electron chi connectivity index (χ0n) is 17.1. The molecular weight excluding hydrogens is 370 g/mol. The predicted molar refractivity (Wildman–Crippen MR) is 107 cm³/mol. The lowest BCUT2D eigenvalue weighted by molar-refractivity contribution is -0.147. The Morgan fingerprint density at radius 3 is 2.19 bits per heavy atom. The van der Waals surface area contributed by atoms with Gasteiger partial charge in [0.05, 0.1) is 5.60 Å². The van der Waals surface area contributed by atoms with Crippen molar-refractivity contribution in [3.05, 3.63) is 0 Å². The number of hydrogen-bond acceptors (Lipinski definition) is 6. The van der Waals surface area contributed by atoms with E-state index in [1.807, 2.05) is 6.92 Å². The highest BCUT2D eigenvalue weighted by atomic mass is 32.2. The van der Waals surface area contributed by atoms with Gasteiger partial charge in [0.15, 0.2) is 0 Å². The number of thioether (sulfide) groups is 1. The zero-order valence-corrected chi connectivity index (χ0v) is 17.9. The summed E-state index contributed by atoms with van der Waals surface area (Å²) < 4.78 is 0. The van der Waals surface area contributed by atoms with Crippen molar-refractivity contribution in [1.29, 1.82) is 0 Å². The number of hydrogen-bond donors (Lipinski definition) is 3. The zero-order chi connectivity index (χ0) is 21.2. The third-order valence-corrected chi connectivity index (χ3v) is 5.30. The molecule has 8 nitrogen and oxygen atoms in total. The molecule has 0 aliphatic heterocycles. The van der Waals surface area contributed by atoms with Crippen LogP contribution in [0.5, 0.6) is 0 Å². The molecule has 4 N–H and O–H groups in total. The van der Waals surface area contributed by atoms with Crippen molar-refractivity contribution < 1.29 is 24.6 Å². The van der Waals surface area contributed by atoms with Crippen molar-refractivity contribution in [3.8, 4) is 0 Å². The Kier molecular flexibility index (Phi) is 11.6. The number of rotatable bonds is 13. The normalized spacial score (nSPS) is 13.7. The van der Waals surface area contributed by atoms with Crippen LogP contribution in [0.25, 0.3) is 0 Å². The molecule has 27 heavy (non-hydrogen) atoms. The largest absolute Gasteiger partial charge is 0.396 e. The summed E-state index contributed by atoms with van der Waals surface area (Å²) in [7, 11) is 3.04. The molecule has 0 aliphatic rings. The Balaban J connectivity index is 5.42. The lowest BCUT2D eigenvalue weighted by Gasteiger charge is -2.35. The van der Waals surface area contributed by atoms with E-state index in [-0.39, 0.29) is 18.9 Å². The van der Waals surface area contributed by atoms with Gasteiger partial charge in [-0.05, 0) is 32.4 Å². The van der Waals surface area contributed by atoms with Gasteiger partial charge in [0.1, 0.15) is 12.1 Å². The Hall–Kier alpha value is -1.32. The second-order valence-corrected chi connectivity index (χ2v) is 8.46. The molecule has 0 saturated carbocycles. The first-order chi connectivity index (χ1) is 12.5. The molecule has 158 valence electrons.